The number of ether oxygens (including phenoxy) is 1. The third-order valence-electron chi connectivity index (χ3n) is 4.48. The monoisotopic (exact) mass is 401 g/mol. The van der Waals surface area contributed by atoms with E-state index >= 15 is 0 Å². The minimum Gasteiger partial charge on any atom is -0.494 e. The number of aromatic nitrogens is 1. The van der Waals surface area contributed by atoms with Crippen molar-refractivity contribution in [2.24, 2.45) is 0 Å². The van der Waals surface area contributed by atoms with E-state index < -0.39 is 5.82 Å². The average Bonchev–Trinajstić information content (AvgIpc) is 3.11. The van der Waals surface area contributed by atoms with E-state index in [1.165, 1.54) is 23.5 Å². The van der Waals surface area contributed by atoms with E-state index in [0.717, 1.165) is 28.7 Å². The van der Waals surface area contributed by atoms with Crippen LogP contribution in [0.15, 0.2) is 36.4 Å². The Morgan fingerprint density at radius 3 is 2.61 bits per heavy atom. The Morgan fingerprint density at radius 2 is 1.93 bits per heavy atom. The van der Waals surface area contributed by atoms with Crippen molar-refractivity contribution in [1.29, 1.82) is 0 Å². The van der Waals surface area contributed by atoms with Crippen LogP contribution in [0, 0.1) is 12.7 Å². The largest absolute Gasteiger partial charge is 0.494 e. The molecule has 7 heteroatoms. The van der Waals surface area contributed by atoms with Crippen molar-refractivity contribution in [1.82, 2.24) is 9.88 Å². The number of rotatable bonds is 7. The molecule has 0 fully saturated rings. The number of methoxy groups -OCH3 is 1. The number of hydrogen-bond acceptors (Lipinski definition) is 5. The minimum atomic E-state index is -0.528. The van der Waals surface area contributed by atoms with Crippen molar-refractivity contribution in [3.8, 4) is 5.75 Å². The van der Waals surface area contributed by atoms with Gasteiger partial charge in [-0.25, -0.2) is 9.37 Å². The molecule has 0 radical (unpaired) electrons. The van der Waals surface area contributed by atoms with Gasteiger partial charge >= 0.3 is 0 Å². The molecule has 0 saturated carbocycles. The summed E-state index contributed by atoms with van der Waals surface area (Å²) in [6.07, 6.45) is 0.749. The molecule has 3 aromatic rings. The fourth-order valence-corrected chi connectivity index (χ4v) is 4.06. The van der Waals surface area contributed by atoms with Crippen LogP contribution in [-0.2, 0) is 0 Å². The molecule has 148 valence electrons. The first-order chi connectivity index (χ1) is 13.4. The molecule has 1 amide bonds. The molecule has 0 aliphatic rings. The van der Waals surface area contributed by atoms with Gasteiger partial charge < -0.3 is 9.64 Å². The van der Waals surface area contributed by atoms with Gasteiger partial charge in [0.2, 0.25) is 0 Å². The third kappa shape index (κ3) is 4.15. The maximum absolute atomic E-state index is 14.3. The van der Waals surface area contributed by atoms with Gasteiger partial charge in [0.1, 0.15) is 17.1 Å². The maximum atomic E-state index is 14.3. The lowest BCUT2D eigenvalue weighted by atomic mass is 10.2. The van der Waals surface area contributed by atoms with Crippen LogP contribution in [0.1, 0.15) is 22.3 Å². The maximum Gasteiger partial charge on any atom is 0.263 e. The molecule has 28 heavy (non-hydrogen) atoms. The SMILES string of the molecule is COc1ccc(C)c2sc(N(CCCN(C)C)C(=O)c3ccccc3F)nc12. The minimum absolute atomic E-state index is 0.0512. The molecular weight excluding hydrogens is 377 g/mol. The van der Waals surface area contributed by atoms with Crippen LogP contribution in [0.5, 0.6) is 5.75 Å². The van der Waals surface area contributed by atoms with E-state index in [1.54, 1.807) is 24.1 Å². The summed E-state index contributed by atoms with van der Waals surface area (Å²) in [7, 11) is 5.56. The molecule has 5 nitrogen and oxygen atoms in total. The van der Waals surface area contributed by atoms with Gasteiger partial charge in [0, 0.05) is 6.54 Å². The molecular formula is C21H24FN3O2S. The second-order valence-corrected chi connectivity index (χ2v) is 7.83. The first-order valence-electron chi connectivity index (χ1n) is 9.07. The molecule has 2 aromatic carbocycles. The molecule has 3 rings (SSSR count). The van der Waals surface area contributed by atoms with Gasteiger partial charge in [-0.2, -0.15) is 0 Å². The molecule has 1 aromatic heterocycles. The number of anilines is 1. The second kappa shape index (κ2) is 8.67. The van der Waals surface area contributed by atoms with Gasteiger partial charge in [-0.3, -0.25) is 9.69 Å². The number of benzene rings is 2. The number of carbonyl (C=O) groups is 1. The van der Waals surface area contributed by atoms with Crippen molar-refractivity contribution in [3.63, 3.8) is 0 Å². The number of amides is 1. The Kier molecular flexibility index (Phi) is 6.26. The van der Waals surface area contributed by atoms with Gasteiger partial charge in [-0.05, 0) is 57.7 Å². The molecule has 0 spiro atoms. The van der Waals surface area contributed by atoms with Crippen LogP contribution < -0.4 is 9.64 Å². The number of nitrogens with zero attached hydrogens (tertiary/aromatic N) is 3. The van der Waals surface area contributed by atoms with Crippen LogP contribution in [0.3, 0.4) is 0 Å². The summed E-state index contributed by atoms with van der Waals surface area (Å²) in [5.41, 5.74) is 1.84. The summed E-state index contributed by atoms with van der Waals surface area (Å²) < 4.78 is 20.7. The van der Waals surface area contributed by atoms with Crippen molar-refractivity contribution < 1.29 is 13.9 Å². The summed E-state index contributed by atoms with van der Waals surface area (Å²) >= 11 is 1.43. The molecule has 0 bridgehead atoms. The lowest BCUT2D eigenvalue weighted by Gasteiger charge is -2.21. The Morgan fingerprint density at radius 1 is 1.18 bits per heavy atom. The van der Waals surface area contributed by atoms with E-state index in [9.17, 15) is 9.18 Å². The first kappa shape index (κ1) is 20.2. The summed E-state index contributed by atoms with van der Waals surface area (Å²) in [5, 5.41) is 0.551. The summed E-state index contributed by atoms with van der Waals surface area (Å²) in [5.74, 6) is -0.248. The van der Waals surface area contributed by atoms with Crippen molar-refractivity contribution in [2.45, 2.75) is 13.3 Å². The molecule has 1 heterocycles. The van der Waals surface area contributed by atoms with E-state index in [2.05, 4.69) is 9.88 Å². The lowest BCUT2D eigenvalue weighted by Crippen LogP contribution is -2.34. The summed E-state index contributed by atoms with van der Waals surface area (Å²) in [6, 6.07) is 9.90. The number of thiazole rings is 1. The third-order valence-corrected chi connectivity index (χ3v) is 5.69. The number of hydrogen-bond donors (Lipinski definition) is 0. The van der Waals surface area contributed by atoms with Crippen molar-refractivity contribution in [2.75, 3.05) is 39.2 Å². The molecule has 0 aliphatic carbocycles. The quantitative estimate of drug-likeness (QED) is 0.590. The predicted octanol–water partition coefficient (Wildman–Crippen LogP) is 4.35. The normalized spacial score (nSPS) is 11.2. The van der Waals surface area contributed by atoms with Gasteiger partial charge in [0.15, 0.2) is 5.13 Å². The van der Waals surface area contributed by atoms with Gasteiger partial charge in [0.05, 0.1) is 17.4 Å². The topological polar surface area (TPSA) is 45.7 Å². The highest BCUT2D eigenvalue weighted by Crippen LogP contribution is 2.37. The van der Waals surface area contributed by atoms with Crippen LogP contribution in [-0.4, -0.2) is 50.1 Å². The highest BCUT2D eigenvalue weighted by atomic mass is 32.1. The summed E-state index contributed by atoms with van der Waals surface area (Å²) in [6.45, 7) is 3.26. The molecule has 0 unspecified atom stereocenters. The Hall–Kier alpha value is -2.51. The Balaban J connectivity index is 2.03. The number of halogens is 1. The fourth-order valence-electron chi connectivity index (χ4n) is 2.99. The number of carbonyl (C=O) groups excluding carboxylic acids is 1. The van der Waals surface area contributed by atoms with E-state index in [1.807, 2.05) is 33.2 Å². The zero-order valence-electron chi connectivity index (χ0n) is 16.5. The molecule has 0 aliphatic heterocycles. The smallest absolute Gasteiger partial charge is 0.263 e. The molecule has 0 atom stereocenters. The van der Waals surface area contributed by atoms with Crippen molar-refractivity contribution >= 4 is 32.6 Å². The lowest BCUT2D eigenvalue weighted by molar-refractivity contribution is 0.0982. The zero-order chi connectivity index (χ0) is 20.3. The Bertz CT molecular complexity index is 987. The highest BCUT2D eigenvalue weighted by molar-refractivity contribution is 7.22. The van der Waals surface area contributed by atoms with Gasteiger partial charge in [-0.15, -0.1) is 0 Å². The fraction of sp³-hybridized carbons (Fsp3) is 0.333. The van der Waals surface area contributed by atoms with Gasteiger partial charge in [0.25, 0.3) is 5.91 Å². The molecule has 0 N–H and O–H groups in total. The Labute approximate surface area is 168 Å². The highest BCUT2D eigenvalue weighted by Gasteiger charge is 2.24. The van der Waals surface area contributed by atoms with E-state index in [-0.39, 0.29) is 11.5 Å². The number of aryl methyl sites for hydroxylation is 1. The number of fused-ring (bicyclic) bond motifs is 1. The standard InChI is InChI=1S/C21H24FN3O2S/c1-14-10-11-17(27-4)18-19(14)28-21(23-18)25(13-7-12-24(2)3)20(26)15-8-5-6-9-16(15)22/h5-6,8-11H,7,12-13H2,1-4H3. The van der Waals surface area contributed by atoms with E-state index in [0.29, 0.717) is 17.4 Å². The second-order valence-electron chi connectivity index (χ2n) is 6.85. The van der Waals surface area contributed by atoms with Crippen LogP contribution >= 0.6 is 11.3 Å². The first-order valence-corrected chi connectivity index (χ1v) is 9.89. The van der Waals surface area contributed by atoms with Crippen LogP contribution in [0.25, 0.3) is 10.2 Å². The average molecular weight is 402 g/mol. The zero-order valence-corrected chi connectivity index (χ0v) is 17.3. The van der Waals surface area contributed by atoms with Gasteiger partial charge in [-0.1, -0.05) is 29.5 Å². The summed E-state index contributed by atoms with van der Waals surface area (Å²) in [4.78, 5) is 21.5. The van der Waals surface area contributed by atoms with Crippen LogP contribution in [0.4, 0.5) is 9.52 Å². The van der Waals surface area contributed by atoms with Crippen LogP contribution in [0.2, 0.25) is 0 Å². The predicted molar refractivity (Wildman–Crippen MR) is 112 cm³/mol. The van der Waals surface area contributed by atoms with E-state index in [4.69, 9.17) is 4.74 Å². The molecule has 0 saturated heterocycles. The van der Waals surface area contributed by atoms with Crippen molar-refractivity contribution in [3.05, 3.63) is 53.3 Å².